The molecule has 1 rings (SSSR count). The number of nitrogens with zero attached hydrogens (tertiary/aromatic N) is 2. The van der Waals surface area contributed by atoms with Crippen LogP contribution in [0.1, 0.15) is 20.8 Å². The summed E-state index contributed by atoms with van der Waals surface area (Å²) >= 11 is 5.76. The quantitative estimate of drug-likeness (QED) is 0.801. The number of hydrogen-bond donors (Lipinski definition) is 1. The number of halogens is 1. The second-order valence-corrected chi connectivity index (χ2v) is 6.19. The van der Waals surface area contributed by atoms with Gasteiger partial charge < -0.3 is 4.90 Å². The van der Waals surface area contributed by atoms with Crippen molar-refractivity contribution in [2.45, 2.75) is 31.7 Å². The van der Waals surface area contributed by atoms with Crippen LogP contribution in [0.3, 0.4) is 0 Å². The lowest BCUT2D eigenvalue weighted by Crippen LogP contribution is -2.46. The molecule has 1 aromatic heterocycles. The minimum absolute atomic E-state index is 0.123. The molecule has 0 fully saturated rings. The van der Waals surface area contributed by atoms with E-state index in [-0.39, 0.29) is 16.0 Å². The van der Waals surface area contributed by atoms with Crippen LogP contribution >= 0.6 is 11.6 Å². The smallest absolute Gasteiger partial charge is 0.244 e. The number of nitrogens with one attached hydrogen (secondary N) is 1. The number of carbonyl (C=O) groups excluding carboxylic acids is 1. The Balaban J connectivity index is 2.92. The maximum Gasteiger partial charge on any atom is 0.244 e. The third-order valence-electron chi connectivity index (χ3n) is 2.79. The van der Waals surface area contributed by atoms with Gasteiger partial charge in [0.1, 0.15) is 10.0 Å². The first-order valence-electron chi connectivity index (χ1n) is 6.25. The molecule has 1 atom stereocenters. The highest BCUT2D eigenvalue weighted by molar-refractivity contribution is 7.89. The molecule has 1 heterocycles. The minimum Gasteiger partial charge on any atom is -0.342 e. The molecule has 1 unspecified atom stereocenters. The van der Waals surface area contributed by atoms with Gasteiger partial charge in [0.2, 0.25) is 15.9 Å². The molecular weight excluding hydrogens is 302 g/mol. The van der Waals surface area contributed by atoms with E-state index in [1.807, 2.05) is 13.8 Å². The van der Waals surface area contributed by atoms with Crippen molar-refractivity contribution >= 4 is 27.5 Å². The summed E-state index contributed by atoms with van der Waals surface area (Å²) in [5.41, 5.74) is 0. The van der Waals surface area contributed by atoms with Gasteiger partial charge >= 0.3 is 0 Å². The fraction of sp³-hybridized carbons (Fsp3) is 0.500. The normalized spacial score (nSPS) is 13.0. The van der Waals surface area contributed by atoms with E-state index in [1.54, 1.807) is 4.90 Å². The molecule has 0 aliphatic heterocycles. The molecule has 0 saturated carbocycles. The Kier molecular flexibility index (Phi) is 5.91. The predicted molar refractivity (Wildman–Crippen MR) is 77.0 cm³/mol. The largest absolute Gasteiger partial charge is 0.342 e. The first-order chi connectivity index (χ1) is 9.33. The molecule has 0 saturated heterocycles. The summed E-state index contributed by atoms with van der Waals surface area (Å²) in [6.45, 7) is 6.22. The van der Waals surface area contributed by atoms with Crippen molar-refractivity contribution in [1.82, 2.24) is 14.6 Å². The number of rotatable bonds is 6. The van der Waals surface area contributed by atoms with E-state index in [0.717, 1.165) is 0 Å². The van der Waals surface area contributed by atoms with Crippen LogP contribution in [0, 0.1) is 0 Å². The summed E-state index contributed by atoms with van der Waals surface area (Å²) in [6.07, 6.45) is 1.39. The molecule has 0 aliphatic carbocycles. The molecule has 1 N–H and O–H groups in total. The molecular formula is C12H18ClN3O3S. The van der Waals surface area contributed by atoms with Crippen molar-refractivity contribution in [3.05, 3.63) is 23.5 Å². The maximum atomic E-state index is 12.2. The van der Waals surface area contributed by atoms with Crippen LogP contribution in [0.2, 0.25) is 5.15 Å². The molecule has 0 radical (unpaired) electrons. The van der Waals surface area contributed by atoms with Gasteiger partial charge in [-0.3, -0.25) is 4.79 Å². The third-order valence-corrected chi connectivity index (χ3v) is 4.78. The van der Waals surface area contributed by atoms with Gasteiger partial charge in [-0.05, 0) is 32.9 Å². The number of sulfonamides is 1. The second-order valence-electron chi connectivity index (χ2n) is 4.15. The van der Waals surface area contributed by atoms with E-state index in [0.29, 0.717) is 13.1 Å². The highest BCUT2D eigenvalue weighted by Crippen LogP contribution is 2.18. The molecule has 8 heteroatoms. The van der Waals surface area contributed by atoms with E-state index < -0.39 is 16.1 Å². The molecule has 20 heavy (non-hydrogen) atoms. The molecule has 0 bridgehead atoms. The average Bonchev–Trinajstić information content (AvgIpc) is 2.39. The summed E-state index contributed by atoms with van der Waals surface area (Å²) in [5, 5.41) is -0.123. The Morgan fingerprint density at radius 3 is 2.55 bits per heavy atom. The van der Waals surface area contributed by atoms with Gasteiger partial charge in [-0.15, -0.1) is 0 Å². The van der Waals surface area contributed by atoms with E-state index in [2.05, 4.69) is 9.71 Å². The average molecular weight is 320 g/mol. The van der Waals surface area contributed by atoms with Crippen LogP contribution in [-0.4, -0.2) is 43.3 Å². The Morgan fingerprint density at radius 1 is 1.45 bits per heavy atom. The Morgan fingerprint density at radius 2 is 2.05 bits per heavy atom. The van der Waals surface area contributed by atoms with Crippen LogP contribution in [0.4, 0.5) is 0 Å². The zero-order valence-corrected chi connectivity index (χ0v) is 13.2. The summed E-state index contributed by atoms with van der Waals surface area (Å²) < 4.78 is 26.6. The standard InChI is InChI=1S/C12H18ClN3O3S/c1-4-16(5-2)12(17)9(3)15-20(18,19)10-7-6-8-14-11(10)13/h6-9,15H,4-5H2,1-3H3. The van der Waals surface area contributed by atoms with Crippen molar-refractivity contribution in [2.24, 2.45) is 0 Å². The van der Waals surface area contributed by atoms with Crippen LogP contribution in [0.25, 0.3) is 0 Å². The van der Waals surface area contributed by atoms with Gasteiger partial charge in [-0.1, -0.05) is 11.6 Å². The van der Waals surface area contributed by atoms with E-state index in [1.165, 1.54) is 25.3 Å². The Labute approximate surface area is 124 Å². The van der Waals surface area contributed by atoms with Crippen LogP contribution in [-0.2, 0) is 14.8 Å². The summed E-state index contributed by atoms with van der Waals surface area (Å²) in [6, 6.07) is 1.94. The van der Waals surface area contributed by atoms with Crippen molar-refractivity contribution in [3.63, 3.8) is 0 Å². The molecule has 112 valence electrons. The first-order valence-corrected chi connectivity index (χ1v) is 8.11. The number of pyridine rings is 1. The first kappa shape index (κ1) is 16.9. The number of likely N-dealkylation sites (N-methyl/N-ethyl adjacent to an activating group) is 1. The molecule has 0 aromatic carbocycles. The lowest BCUT2D eigenvalue weighted by Gasteiger charge is -2.23. The zero-order valence-electron chi connectivity index (χ0n) is 11.6. The number of hydrogen-bond acceptors (Lipinski definition) is 4. The summed E-state index contributed by atoms with van der Waals surface area (Å²) in [7, 11) is -3.88. The van der Waals surface area contributed by atoms with Crippen molar-refractivity contribution < 1.29 is 13.2 Å². The Bertz CT molecular complexity index is 573. The van der Waals surface area contributed by atoms with Gasteiger partial charge in [0.15, 0.2) is 0 Å². The summed E-state index contributed by atoms with van der Waals surface area (Å²) in [5.74, 6) is -0.279. The van der Waals surface area contributed by atoms with Crippen molar-refractivity contribution in [3.8, 4) is 0 Å². The van der Waals surface area contributed by atoms with Crippen LogP contribution in [0.15, 0.2) is 23.2 Å². The highest BCUT2D eigenvalue weighted by Gasteiger charge is 2.26. The highest BCUT2D eigenvalue weighted by atomic mass is 35.5. The summed E-state index contributed by atoms with van der Waals surface area (Å²) in [4.78, 5) is 17.2. The number of carbonyl (C=O) groups is 1. The minimum atomic E-state index is -3.88. The van der Waals surface area contributed by atoms with Gasteiger partial charge in [0.05, 0.1) is 6.04 Å². The maximum absolute atomic E-state index is 12.2. The lowest BCUT2D eigenvalue weighted by atomic mass is 10.3. The molecule has 6 nitrogen and oxygen atoms in total. The monoisotopic (exact) mass is 319 g/mol. The van der Waals surface area contributed by atoms with Gasteiger partial charge in [0, 0.05) is 19.3 Å². The van der Waals surface area contributed by atoms with Crippen LogP contribution < -0.4 is 4.72 Å². The topological polar surface area (TPSA) is 79.4 Å². The van der Waals surface area contributed by atoms with E-state index in [4.69, 9.17) is 11.6 Å². The molecule has 0 aliphatic rings. The van der Waals surface area contributed by atoms with Crippen molar-refractivity contribution in [1.29, 1.82) is 0 Å². The second kappa shape index (κ2) is 7.01. The number of aromatic nitrogens is 1. The van der Waals surface area contributed by atoms with Crippen LogP contribution in [0.5, 0.6) is 0 Å². The predicted octanol–water partition coefficient (Wildman–Crippen LogP) is 1.27. The van der Waals surface area contributed by atoms with Gasteiger partial charge in [0.25, 0.3) is 0 Å². The molecule has 1 aromatic rings. The lowest BCUT2D eigenvalue weighted by molar-refractivity contribution is -0.132. The SMILES string of the molecule is CCN(CC)C(=O)C(C)NS(=O)(=O)c1cccnc1Cl. The third kappa shape index (κ3) is 3.91. The van der Waals surface area contributed by atoms with E-state index in [9.17, 15) is 13.2 Å². The fourth-order valence-electron chi connectivity index (χ4n) is 1.73. The van der Waals surface area contributed by atoms with E-state index >= 15 is 0 Å². The van der Waals surface area contributed by atoms with Crippen molar-refractivity contribution in [2.75, 3.05) is 13.1 Å². The van der Waals surface area contributed by atoms with Gasteiger partial charge in [-0.25, -0.2) is 13.4 Å². The molecule has 0 spiro atoms. The van der Waals surface area contributed by atoms with Gasteiger partial charge in [-0.2, -0.15) is 4.72 Å². The fourth-order valence-corrected chi connectivity index (χ4v) is 3.38. The molecule has 1 amide bonds. The Hall–Kier alpha value is -1.18. The zero-order chi connectivity index (χ0) is 15.3. The number of amides is 1.